The Morgan fingerprint density at radius 3 is 3.00 bits per heavy atom. The van der Waals surface area contributed by atoms with E-state index in [-0.39, 0.29) is 0 Å². The Bertz CT molecular complexity index is 471. The first-order valence-electron chi connectivity index (χ1n) is 8.70. The fourth-order valence-corrected chi connectivity index (χ4v) is 3.37. The molecule has 0 spiro atoms. The summed E-state index contributed by atoms with van der Waals surface area (Å²) in [5.74, 6) is 0. The Morgan fingerprint density at radius 2 is 2.14 bits per heavy atom. The molecule has 0 saturated carbocycles. The molecule has 0 aliphatic carbocycles. The second-order valence-corrected chi connectivity index (χ2v) is 6.55. The number of nitrogens with one attached hydrogen (secondary N) is 2. The van der Waals surface area contributed by atoms with Gasteiger partial charge in [-0.2, -0.15) is 0 Å². The number of anilines is 1. The van der Waals surface area contributed by atoms with E-state index in [1.54, 1.807) is 0 Å². The molecule has 0 radical (unpaired) electrons. The Morgan fingerprint density at radius 1 is 1.27 bits per heavy atom. The minimum atomic E-state index is 0.587. The highest BCUT2D eigenvalue weighted by Gasteiger charge is 2.16. The zero-order valence-electron chi connectivity index (χ0n) is 13.7. The first kappa shape index (κ1) is 15.8. The maximum absolute atomic E-state index is 5.37. The zero-order valence-corrected chi connectivity index (χ0v) is 13.7. The molecule has 0 bridgehead atoms. The molecule has 4 heteroatoms. The first-order valence-corrected chi connectivity index (χ1v) is 8.70. The van der Waals surface area contributed by atoms with Gasteiger partial charge >= 0.3 is 0 Å². The maximum atomic E-state index is 5.37. The molecule has 122 valence electrons. The molecule has 2 heterocycles. The second kappa shape index (κ2) is 7.95. The predicted octanol–water partition coefficient (Wildman–Crippen LogP) is 1.90. The fraction of sp³-hybridized carbons (Fsp3) is 0.667. The van der Waals surface area contributed by atoms with Gasteiger partial charge in [-0.25, -0.2) is 0 Å². The van der Waals surface area contributed by atoms with Gasteiger partial charge in [0.05, 0.1) is 13.2 Å². The van der Waals surface area contributed by atoms with Crippen LogP contribution in [0.4, 0.5) is 5.69 Å². The van der Waals surface area contributed by atoms with Crippen LogP contribution in [0.3, 0.4) is 0 Å². The highest BCUT2D eigenvalue weighted by atomic mass is 16.5. The quantitative estimate of drug-likeness (QED) is 0.754. The maximum Gasteiger partial charge on any atom is 0.0594 e. The Labute approximate surface area is 134 Å². The monoisotopic (exact) mass is 303 g/mol. The summed E-state index contributed by atoms with van der Waals surface area (Å²) in [5.41, 5.74) is 4.27. The minimum absolute atomic E-state index is 0.587. The van der Waals surface area contributed by atoms with Crippen molar-refractivity contribution in [3.05, 3.63) is 29.3 Å². The van der Waals surface area contributed by atoms with Crippen LogP contribution in [-0.4, -0.2) is 56.9 Å². The lowest BCUT2D eigenvalue weighted by molar-refractivity contribution is 0.0375. The third-order valence-corrected chi connectivity index (χ3v) is 4.62. The number of nitrogens with zero attached hydrogens (tertiary/aromatic N) is 1. The van der Waals surface area contributed by atoms with E-state index in [0.29, 0.717) is 6.04 Å². The third kappa shape index (κ3) is 4.45. The van der Waals surface area contributed by atoms with Gasteiger partial charge in [-0.05, 0) is 63.0 Å². The summed E-state index contributed by atoms with van der Waals surface area (Å²) in [6.45, 7) is 9.63. The van der Waals surface area contributed by atoms with Crippen LogP contribution in [0.5, 0.6) is 0 Å². The summed E-state index contributed by atoms with van der Waals surface area (Å²) in [6, 6.07) is 7.47. The molecule has 4 nitrogen and oxygen atoms in total. The number of ether oxygens (including phenoxy) is 1. The molecule has 0 amide bonds. The van der Waals surface area contributed by atoms with E-state index < -0.39 is 0 Å². The number of hydrogen-bond donors (Lipinski definition) is 2. The third-order valence-electron chi connectivity index (χ3n) is 4.62. The van der Waals surface area contributed by atoms with E-state index >= 15 is 0 Å². The summed E-state index contributed by atoms with van der Waals surface area (Å²) >= 11 is 0. The number of morpholine rings is 1. The molecular weight excluding hydrogens is 274 g/mol. The Kier molecular flexibility index (Phi) is 5.70. The van der Waals surface area contributed by atoms with Gasteiger partial charge in [0.15, 0.2) is 0 Å². The standard InChI is InChI=1S/C18H29N3O/c1-15-13-17-14-16(3-4-18(17)20-15)5-7-19-6-2-8-21-9-11-22-12-10-21/h3-4,14-15,19-20H,2,5-13H2,1H3. The smallest absolute Gasteiger partial charge is 0.0594 e. The van der Waals surface area contributed by atoms with Crippen LogP contribution in [0.15, 0.2) is 18.2 Å². The van der Waals surface area contributed by atoms with Crippen molar-refractivity contribution in [1.82, 2.24) is 10.2 Å². The highest BCUT2D eigenvalue weighted by molar-refractivity contribution is 5.57. The van der Waals surface area contributed by atoms with Crippen LogP contribution in [-0.2, 0) is 17.6 Å². The first-order chi connectivity index (χ1) is 10.8. The topological polar surface area (TPSA) is 36.5 Å². The number of fused-ring (bicyclic) bond motifs is 1. The number of hydrogen-bond acceptors (Lipinski definition) is 4. The largest absolute Gasteiger partial charge is 0.382 e. The lowest BCUT2D eigenvalue weighted by Crippen LogP contribution is -2.37. The molecule has 3 rings (SSSR count). The van der Waals surface area contributed by atoms with Crippen molar-refractivity contribution in [2.75, 3.05) is 51.3 Å². The van der Waals surface area contributed by atoms with Crippen LogP contribution < -0.4 is 10.6 Å². The van der Waals surface area contributed by atoms with Crippen molar-refractivity contribution in [2.24, 2.45) is 0 Å². The predicted molar refractivity (Wildman–Crippen MR) is 91.7 cm³/mol. The van der Waals surface area contributed by atoms with Crippen LogP contribution >= 0.6 is 0 Å². The van der Waals surface area contributed by atoms with Crippen molar-refractivity contribution in [3.8, 4) is 0 Å². The molecule has 0 aromatic heterocycles. The van der Waals surface area contributed by atoms with E-state index in [0.717, 1.165) is 52.2 Å². The second-order valence-electron chi connectivity index (χ2n) is 6.55. The molecule has 1 fully saturated rings. The van der Waals surface area contributed by atoms with Crippen molar-refractivity contribution in [3.63, 3.8) is 0 Å². The van der Waals surface area contributed by atoms with Crippen LogP contribution in [0, 0.1) is 0 Å². The van der Waals surface area contributed by atoms with Crippen molar-refractivity contribution in [1.29, 1.82) is 0 Å². The molecule has 1 aromatic rings. The molecule has 1 saturated heterocycles. The van der Waals surface area contributed by atoms with Crippen LogP contribution in [0.1, 0.15) is 24.5 Å². The zero-order chi connectivity index (χ0) is 15.2. The summed E-state index contributed by atoms with van der Waals surface area (Å²) in [5, 5.41) is 7.09. The number of benzene rings is 1. The van der Waals surface area contributed by atoms with Crippen LogP contribution in [0.2, 0.25) is 0 Å². The summed E-state index contributed by atoms with van der Waals surface area (Å²) < 4.78 is 5.37. The molecule has 2 N–H and O–H groups in total. The Hall–Kier alpha value is -1.10. The molecule has 1 aromatic carbocycles. The lowest BCUT2D eigenvalue weighted by Gasteiger charge is -2.26. The van der Waals surface area contributed by atoms with Gasteiger partial charge in [-0.1, -0.05) is 12.1 Å². The fourth-order valence-electron chi connectivity index (χ4n) is 3.37. The Balaban J connectivity index is 1.29. The van der Waals surface area contributed by atoms with E-state index in [1.165, 1.54) is 29.8 Å². The van der Waals surface area contributed by atoms with Gasteiger partial charge in [-0.15, -0.1) is 0 Å². The van der Waals surface area contributed by atoms with Gasteiger partial charge in [0.2, 0.25) is 0 Å². The molecular formula is C18H29N3O. The molecule has 22 heavy (non-hydrogen) atoms. The summed E-state index contributed by atoms with van der Waals surface area (Å²) in [4.78, 5) is 2.50. The minimum Gasteiger partial charge on any atom is -0.382 e. The van der Waals surface area contributed by atoms with E-state index in [1.807, 2.05) is 0 Å². The van der Waals surface area contributed by atoms with Crippen LogP contribution in [0.25, 0.3) is 0 Å². The normalized spacial score (nSPS) is 21.6. The van der Waals surface area contributed by atoms with Gasteiger partial charge in [-0.3, -0.25) is 4.90 Å². The number of rotatable bonds is 7. The molecule has 1 unspecified atom stereocenters. The van der Waals surface area contributed by atoms with E-state index in [4.69, 9.17) is 4.74 Å². The lowest BCUT2D eigenvalue weighted by atomic mass is 10.0. The highest BCUT2D eigenvalue weighted by Crippen LogP contribution is 2.26. The van der Waals surface area contributed by atoms with Crippen molar-refractivity contribution < 1.29 is 4.74 Å². The summed E-state index contributed by atoms with van der Waals surface area (Å²) in [7, 11) is 0. The molecule has 2 aliphatic heterocycles. The average molecular weight is 303 g/mol. The van der Waals surface area contributed by atoms with Crippen molar-refractivity contribution in [2.45, 2.75) is 32.2 Å². The molecule has 2 aliphatic rings. The van der Waals surface area contributed by atoms with Gasteiger partial charge in [0.1, 0.15) is 0 Å². The average Bonchev–Trinajstić information content (AvgIpc) is 2.91. The van der Waals surface area contributed by atoms with E-state index in [9.17, 15) is 0 Å². The van der Waals surface area contributed by atoms with Gasteiger partial charge in [0, 0.05) is 24.8 Å². The van der Waals surface area contributed by atoms with E-state index in [2.05, 4.69) is 40.7 Å². The van der Waals surface area contributed by atoms with Crippen molar-refractivity contribution >= 4 is 5.69 Å². The SMILES string of the molecule is CC1Cc2cc(CCNCCCN3CCOCC3)ccc2N1. The van der Waals surface area contributed by atoms with Gasteiger partial charge < -0.3 is 15.4 Å². The molecule has 1 atom stereocenters. The van der Waals surface area contributed by atoms with Gasteiger partial charge in [0.25, 0.3) is 0 Å². The summed E-state index contributed by atoms with van der Waals surface area (Å²) in [6.07, 6.45) is 3.51.